The molecular weight excluding hydrogens is 222 g/mol. The molecule has 0 radical (unpaired) electrons. The van der Waals surface area contributed by atoms with E-state index in [-0.39, 0.29) is 17.1 Å². The van der Waals surface area contributed by atoms with Gasteiger partial charge in [-0.15, -0.1) is 0 Å². The molecule has 5 heteroatoms. The normalized spacial score (nSPS) is 12.2. The van der Waals surface area contributed by atoms with Gasteiger partial charge in [-0.1, -0.05) is 6.07 Å². The van der Waals surface area contributed by atoms with Crippen molar-refractivity contribution in [2.75, 3.05) is 13.6 Å². The van der Waals surface area contributed by atoms with Crippen molar-refractivity contribution in [3.8, 4) is 11.5 Å². The van der Waals surface area contributed by atoms with Crippen LogP contribution in [0.2, 0.25) is 0 Å². The summed E-state index contributed by atoms with van der Waals surface area (Å²) in [4.78, 5) is 13.3. The average molecular weight is 239 g/mol. The third kappa shape index (κ3) is 3.35. The van der Waals surface area contributed by atoms with Gasteiger partial charge in [-0.25, -0.2) is 0 Å². The molecule has 3 N–H and O–H groups in total. The molecule has 0 saturated heterocycles. The third-order valence-corrected chi connectivity index (χ3v) is 2.46. The number of carbonyl (C=O) groups excluding carboxylic acids is 1. The van der Waals surface area contributed by atoms with E-state index in [4.69, 9.17) is 5.11 Å². The van der Waals surface area contributed by atoms with Crippen molar-refractivity contribution in [3.63, 3.8) is 0 Å². The van der Waals surface area contributed by atoms with Gasteiger partial charge in [0.15, 0.2) is 0 Å². The Kier molecular flexibility index (Phi) is 4.34. The number of aliphatic hydroxyl groups is 1. The lowest BCUT2D eigenvalue weighted by molar-refractivity contribution is 0.0763. The first-order chi connectivity index (χ1) is 7.93. The van der Waals surface area contributed by atoms with Gasteiger partial charge in [-0.3, -0.25) is 4.79 Å². The molecule has 1 atom stereocenters. The first-order valence-corrected chi connectivity index (χ1v) is 5.38. The Morgan fingerprint density at radius 2 is 1.88 bits per heavy atom. The van der Waals surface area contributed by atoms with E-state index in [1.54, 1.807) is 14.0 Å². The van der Waals surface area contributed by atoms with E-state index < -0.39 is 12.0 Å². The zero-order valence-electron chi connectivity index (χ0n) is 9.92. The number of hydrogen-bond acceptors (Lipinski definition) is 4. The molecular formula is C12H17NO4. The summed E-state index contributed by atoms with van der Waals surface area (Å²) in [6.07, 6.45) is -0.0560. The first kappa shape index (κ1) is 13.3. The monoisotopic (exact) mass is 239 g/mol. The average Bonchev–Trinajstić information content (AvgIpc) is 2.25. The Bertz CT molecular complexity index is 383. The van der Waals surface area contributed by atoms with Crippen molar-refractivity contribution in [3.05, 3.63) is 23.8 Å². The van der Waals surface area contributed by atoms with E-state index >= 15 is 0 Å². The van der Waals surface area contributed by atoms with Crippen LogP contribution in [0.1, 0.15) is 23.7 Å². The van der Waals surface area contributed by atoms with Crippen molar-refractivity contribution in [2.24, 2.45) is 0 Å². The zero-order chi connectivity index (χ0) is 13.0. The largest absolute Gasteiger partial charge is 0.507 e. The van der Waals surface area contributed by atoms with Gasteiger partial charge in [0.05, 0.1) is 6.10 Å². The highest BCUT2D eigenvalue weighted by Gasteiger charge is 2.19. The Hall–Kier alpha value is -1.75. The minimum Gasteiger partial charge on any atom is -0.507 e. The number of rotatable bonds is 4. The number of carbonyl (C=O) groups is 1. The van der Waals surface area contributed by atoms with Gasteiger partial charge >= 0.3 is 0 Å². The van der Waals surface area contributed by atoms with Gasteiger partial charge in [-0.2, -0.15) is 0 Å². The predicted octanol–water partition coefficient (Wildman–Crippen LogP) is 0.941. The Labute approximate surface area is 99.9 Å². The maximum Gasteiger partial charge on any atom is 0.261 e. The Balaban J connectivity index is 2.82. The molecule has 0 spiro atoms. The molecule has 1 unspecified atom stereocenters. The van der Waals surface area contributed by atoms with Crippen molar-refractivity contribution in [1.82, 2.24) is 4.90 Å². The van der Waals surface area contributed by atoms with Gasteiger partial charge in [0, 0.05) is 13.6 Å². The standard InChI is InChI=1S/C12H17NO4/c1-8(14)6-7-13(2)12(17)11-9(15)4-3-5-10(11)16/h3-5,8,14-16H,6-7H2,1-2H3. The SMILES string of the molecule is CC(O)CCN(C)C(=O)c1c(O)cccc1O. The lowest BCUT2D eigenvalue weighted by atomic mass is 10.1. The maximum absolute atomic E-state index is 11.9. The van der Waals surface area contributed by atoms with Crippen LogP contribution in [-0.4, -0.2) is 45.8 Å². The lowest BCUT2D eigenvalue weighted by Crippen LogP contribution is -2.29. The summed E-state index contributed by atoms with van der Waals surface area (Å²) in [6.45, 7) is 1.99. The minimum absolute atomic E-state index is 0.111. The van der Waals surface area contributed by atoms with E-state index in [1.165, 1.54) is 23.1 Å². The van der Waals surface area contributed by atoms with Crippen LogP contribution in [-0.2, 0) is 0 Å². The number of benzene rings is 1. The summed E-state index contributed by atoms with van der Waals surface area (Å²) in [7, 11) is 1.55. The number of hydrogen-bond donors (Lipinski definition) is 3. The van der Waals surface area contributed by atoms with Crippen LogP contribution >= 0.6 is 0 Å². The molecule has 17 heavy (non-hydrogen) atoms. The molecule has 1 amide bonds. The van der Waals surface area contributed by atoms with E-state index in [2.05, 4.69) is 0 Å². The second-order valence-electron chi connectivity index (χ2n) is 4.04. The highest BCUT2D eigenvalue weighted by atomic mass is 16.3. The number of nitrogens with zero attached hydrogens (tertiary/aromatic N) is 1. The summed E-state index contributed by atoms with van der Waals surface area (Å²) in [5, 5.41) is 28.2. The van der Waals surface area contributed by atoms with Gasteiger partial charge in [0.25, 0.3) is 5.91 Å². The molecule has 94 valence electrons. The molecule has 1 aromatic rings. The summed E-state index contributed by atoms with van der Waals surface area (Å²) in [5.41, 5.74) is -0.111. The zero-order valence-corrected chi connectivity index (χ0v) is 9.92. The Morgan fingerprint density at radius 3 is 2.35 bits per heavy atom. The van der Waals surface area contributed by atoms with Crippen molar-refractivity contribution in [1.29, 1.82) is 0 Å². The van der Waals surface area contributed by atoms with Crippen LogP contribution in [0.4, 0.5) is 0 Å². The number of phenols is 2. The summed E-state index contributed by atoms with van der Waals surface area (Å²) in [5.74, 6) is -0.973. The molecule has 5 nitrogen and oxygen atoms in total. The fourth-order valence-corrected chi connectivity index (χ4v) is 1.42. The molecule has 0 aliphatic carbocycles. The molecule has 0 heterocycles. The summed E-state index contributed by atoms with van der Waals surface area (Å²) >= 11 is 0. The second kappa shape index (κ2) is 5.54. The van der Waals surface area contributed by atoms with E-state index in [0.717, 1.165) is 0 Å². The fourth-order valence-electron chi connectivity index (χ4n) is 1.42. The van der Waals surface area contributed by atoms with Gasteiger partial charge in [0.1, 0.15) is 17.1 Å². The topological polar surface area (TPSA) is 81.0 Å². The second-order valence-corrected chi connectivity index (χ2v) is 4.04. The number of amides is 1. The van der Waals surface area contributed by atoms with Crippen molar-refractivity contribution < 1.29 is 20.1 Å². The van der Waals surface area contributed by atoms with Crippen LogP contribution in [0.25, 0.3) is 0 Å². The van der Waals surface area contributed by atoms with Gasteiger partial charge in [0.2, 0.25) is 0 Å². The first-order valence-electron chi connectivity index (χ1n) is 5.38. The van der Waals surface area contributed by atoms with E-state index in [1.807, 2.05) is 0 Å². The van der Waals surface area contributed by atoms with Gasteiger partial charge in [-0.05, 0) is 25.5 Å². The highest BCUT2D eigenvalue weighted by Crippen LogP contribution is 2.27. The van der Waals surface area contributed by atoms with Crippen LogP contribution in [0.15, 0.2) is 18.2 Å². The molecule has 0 fully saturated rings. The molecule has 0 aromatic heterocycles. The van der Waals surface area contributed by atoms with Crippen LogP contribution in [0.3, 0.4) is 0 Å². The molecule has 0 aliphatic heterocycles. The predicted molar refractivity (Wildman–Crippen MR) is 63.0 cm³/mol. The van der Waals surface area contributed by atoms with E-state index in [9.17, 15) is 15.0 Å². The van der Waals surface area contributed by atoms with Crippen molar-refractivity contribution in [2.45, 2.75) is 19.4 Å². The number of aliphatic hydroxyl groups excluding tert-OH is 1. The van der Waals surface area contributed by atoms with E-state index in [0.29, 0.717) is 13.0 Å². The number of aromatic hydroxyl groups is 2. The molecule has 0 saturated carbocycles. The quantitative estimate of drug-likeness (QED) is 0.730. The minimum atomic E-state index is -0.497. The highest BCUT2D eigenvalue weighted by molar-refractivity contribution is 5.99. The lowest BCUT2D eigenvalue weighted by Gasteiger charge is -2.19. The molecule has 1 aromatic carbocycles. The summed E-state index contributed by atoms with van der Waals surface area (Å²) in [6, 6.07) is 4.14. The fraction of sp³-hybridized carbons (Fsp3) is 0.417. The molecule has 1 rings (SSSR count). The molecule has 0 bridgehead atoms. The number of phenolic OH excluding ortho intramolecular Hbond substituents is 2. The maximum atomic E-state index is 11.9. The van der Waals surface area contributed by atoms with Crippen LogP contribution in [0, 0.1) is 0 Å². The van der Waals surface area contributed by atoms with Gasteiger partial charge < -0.3 is 20.2 Å². The van der Waals surface area contributed by atoms with Crippen LogP contribution < -0.4 is 0 Å². The summed E-state index contributed by atoms with van der Waals surface area (Å²) < 4.78 is 0. The smallest absolute Gasteiger partial charge is 0.261 e. The third-order valence-electron chi connectivity index (χ3n) is 2.46. The molecule has 0 aliphatic rings. The van der Waals surface area contributed by atoms with Crippen molar-refractivity contribution >= 4 is 5.91 Å². The Morgan fingerprint density at radius 1 is 1.35 bits per heavy atom. The van der Waals surface area contributed by atoms with Crippen LogP contribution in [0.5, 0.6) is 11.5 Å².